The SMILES string of the molecule is CCNC(=O)CCNCc1cc(C)c(C)s1. The van der Waals surface area contributed by atoms with Crippen LogP contribution in [-0.2, 0) is 11.3 Å². The van der Waals surface area contributed by atoms with Crippen LogP contribution in [0.5, 0.6) is 0 Å². The number of hydrogen-bond donors (Lipinski definition) is 2. The number of carbonyl (C=O) groups excluding carboxylic acids is 1. The molecule has 16 heavy (non-hydrogen) atoms. The first kappa shape index (κ1) is 13.2. The van der Waals surface area contributed by atoms with E-state index in [1.165, 1.54) is 15.3 Å². The Hall–Kier alpha value is -0.870. The molecule has 0 radical (unpaired) electrons. The molecule has 1 heterocycles. The van der Waals surface area contributed by atoms with Gasteiger partial charge < -0.3 is 10.6 Å². The molecule has 4 heteroatoms. The summed E-state index contributed by atoms with van der Waals surface area (Å²) in [5.74, 6) is 0.119. The molecule has 1 aromatic heterocycles. The summed E-state index contributed by atoms with van der Waals surface area (Å²) in [6.07, 6.45) is 0.553. The van der Waals surface area contributed by atoms with Crippen molar-refractivity contribution in [1.82, 2.24) is 10.6 Å². The minimum absolute atomic E-state index is 0.119. The number of hydrogen-bond acceptors (Lipinski definition) is 3. The maximum atomic E-state index is 11.2. The summed E-state index contributed by atoms with van der Waals surface area (Å²) in [5.41, 5.74) is 1.35. The fraction of sp³-hybridized carbons (Fsp3) is 0.583. The van der Waals surface area contributed by atoms with Crippen molar-refractivity contribution in [2.75, 3.05) is 13.1 Å². The molecule has 0 bridgehead atoms. The van der Waals surface area contributed by atoms with Gasteiger partial charge in [0.25, 0.3) is 0 Å². The molecule has 0 atom stereocenters. The summed E-state index contributed by atoms with van der Waals surface area (Å²) < 4.78 is 0. The molecule has 0 aliphatic rings. The van der Waals surface area contributed by atoms with Crippen LogP contribution in [0.15, 0.2) is 6.07 Å². The zero-order valence-corrected chi connectivity index (χ0v) is 11.0. The van der Waals surface area contributed by atoms with Gasteiger partial charge in [-0.15, -0.1) is 11.3 Å². The van der Waals surface area contributed by atoms with Gasteiger partial charge in [0.15, 0.2) is 0 Å². The van der Waals surface area contributed by atoms with Crippen LogP contribution in [0.2, 0.25) is 0 Å². The molecule has 1 aromatic rings. The standard InChI is InChI=1S/C12H20N2OS/c1-4-14-12(15)5-6-13-8-11-7-9(2)10(3)16-11/h7,13H,4-6,8H2,1-3H3,(H,14,15). The number of aryl methyl sites for hydroxylation is 2. The lowest BCUT2D eigenvalue weighted by Crippen LogP contribution is -2.27. The second-order valence-corrected chi connectivity index (χ2v) is 5.17. The summed E-state index contributed by atoms with van der Waals surface area (Å²) in [5, 5.41) is 6.06. The zero-order chi connectivity index (χ0) is 12.0. The summed E-state index contributed by atoms with van der Waals surface area (Å²) in [6.45, 7) is 8.51. The highest BCUT2D eigenvalue weighted by molar-refractivity contribution is 7.12. The predicted octanol–water partition coefficient (Wildman–Crippen LogP) is 1.98. The van der Waals surface area contributed by atoms with Gasteiger partial charge in [-0.3, -0.25) is 4.79 Å². The lowest BCUT2D eigenvalue weighted by Gasteiger charge is -2.03. The predicted molar refractivity (Wildman–Crippen MR) is 68.8 cm³/mol. The van der Waals surface area contributed by atoms with Gasteiger partial charge in [-0.25, -0.2) is 0 Å². The van der Waals surface area contributed by atoms with Gasteiger partial charge in [-0.2, -0.15) is 0 Å². The fourth-order valence-electron chi connectivity index (χ4n) is 1.44. The van der Waals surface area contributed by atoms with Crippen LogP contribution in [0.1, 0.15) is 28.7 Å². The number of amides is 1. The number of thiophene rings is 1. The van der Waals surface area contributed by atoms with Gasteiger partial charge in [0.1, 0.15) is 0 Å². The minimum atomic E-state index is 0.119. The van der Waals surface area contributed by atoms with E-state index in [4.69, 9.17) is 0 Å². The molecule has 0 fully saturated rings. The average molecular weight is 240 g/mol. The van der Waals surface area contributed by atoms with Crippen LogP contribution in [0.4, 0.5) is 0 Å². The molecule has 0 unspecified atom stereocenters. The number of carbonyl (C=O) groups is 1. The highest BCUT2D eigenvalue weighted by atomic mass is 32.1. The third-order valence-corrected chi connectivity index (χ3v) is 3.57. The molecule has 2 N–H and O–H groups in total. The highest BCUT2D eigenvalue weighted by Crippen LogP contribution is 2.19. The minimum Gasteiger partial charge on any atom is -0.356 e. The van der Waals surface area contributed by atoms with E-state index in [-0.39, 0.29) is 5.91 Å². The molecule has 90 valence electrons. The number of rotatable bonds is 6. The first-order valence-electron chi connectivity index (χ1n) is 5.66. The quantitative estimate of drug-likeness (QED) is 0.747. The first-order chi connectivity index (χ1) is 7.63. The Morgan fingerprint density at radius 2 is 2.19 bits per heavy atom. The van der Waals surface area contributed by atoms with E-state index in [0.717, 1.165) is 13.1 Å². The first-order valence-corrected chi connectivity index (χ1v) is 6.48. The maximum Gasteiger partial charge on any atom is 0.221 e. The molecular weight excluding hydrogens is 220 g/mol. The molecule has 0 aliphatic heterocycles. The van der Waals surface area contributed by atoms with Crippen molar-refractivity contribution >= 4 is 17.2 Å². The third-order valence-electron chi connectivity index (χ3n) is 2.42. The van der Waals surface area contributed by atoms with Crippen molar-refractivity contribution in [2.24, 2.45) is 0 Å². The van der Waals surface area contributed by atoms with Gasteiger partial charge in [0.2, 0.25) is 5.91 Å². The Labute approximate surface area is 101 Å². The largest absolute Gasteiger partial charge is 0.356 e. The molecule has 1 rings (SSSR count). The van der Waals surface area contributed by atoms with Crippen LogP contribution in [0, 0.1) is 13.8 Å². The Bertz CT molecular complexity index is 327. The topological polar surface area (TPSA) is 41.1 Å². The van der Waals surface area contributed by atoms with E-state index in [2.05, 4.69) is 30.5 Å². The molecule has 0 aromatic carbocycles. The highest BCUT2D eigenvalue weighted by Gasteiger charge is 2.02. The Balaban J connectivity index is 2.18. The van der Waals surface area contributed by atoms with Gasteiger partial charge in [-0.1, -0.05) is 0 Å². The van der Waals surface area contributed by atoms with Crippen LogP contribution >= 0.6 is 11.3 Å². The molecule has 1 amide bonds. The summed E-state index contributed by atoms with van der Waals surface area (Å²) >= 11 is 1.82. The van der Waals surface area contributed by atoms with Crippen LogP contribution in [-0.4, -0.2) is 19.0 Å². The molecular formula is C12H20N2OS. The number of nitrogens with one attached hydrogen (secondary N) is 2. The lowest BCUT2D eigenvalue weighted by molar-refractivity contribution is -0.120. The summed E-state index contributed by atoms with van der Waals surface area (Å²) in [6, 6.07) is 2.21. The zero-order valence-electron chi connectivity index (χ0n) is 10.2. The van der Waals surface area contributed by atoms with Crippen molar-refractivity contribution < 1.29 is 4.79 Å². The second-order valence-electron chi connectivity index (χ2n) is 3.83. The summed E-state index contributed by atoms with van der Waals surface area (Å²) in [4.78, 5) is 13.9. The lowest BCUT2D eigenvalue weighted by atomic mass is 10.3. The molecule has 0 saturated heterocycles. The normalized spacial score (nSPS) is 10.4. The van der Waals surface area contributed by atoms with Gasteiger partial charge in [0.05, 0.1) is 0 Å². The van der Waals surface area contributed by atoms with E-state index in [1.807, 2.05) is 18.3 Å². The van der Waals surface area contributed by atoms with Crippen LogP contribution in [0.25, 0.3) is 0 Å². The molecule has 0 spiro atoms. The summed E-state index contributed by atoms with van der Waals surface area (Å²) in [7, 11) is 0. The van der Waals surface area contributed by atoms with Gasteiger partial charge in [-0.05, 0) is 32.4 Å². The fourth-order valence-corrected chi connectivity index (χ4v) is 2.46. The van der Waals surface area contributed by atoms with Crippen molar-refractivity contribution in [3.05, 3.63) is 21.4 Å². The molecule has 0 aliphatic carbocycles. The van der Waals surface area contributed by atoms with Crippen LogP contribution < -0.4 is 10.6 Å². The average Bonchev–Trinajstić information content (AvgIpc) is 2.54. The van der Waals surface area contributed by atoms with Gasteiger partial charge >= 0.3 is 0 Å². The van der Waals surface area contributed by atoms with Crippen molar-refractivity contribution in [2.45, 2.75) is 33.7 Å². The van der Waals surface area contributed by atoms with E-state index in [1.54, 1.807) is 0 Å². The molecule has 0 saturated carbocycles. The molecule has 3 nitrogen and oxygen atoms in total. The van der Waals surface area contributed by atoms with E-state index in [9.17, 15) is 4.79 Å². The van der Waals surface area contributed by atoms with Crippen molar-refractivity contribution in [3.8, 4) is 0 Å². The van der Waals surface area contributed by atoms with Gasteiger partial charge in [0, 0.05) is 35.8 Å². The smallest absolute Gasteiger partial charge is 0.221 e. The maximum absolute atomic E-state index is 11.2. The Morgan fingerprint density at radius 1 is 1.44 bits per heavy atom. The Morgan fingerprint density at radius 3 is 2.75 bits per heavy atom. The van der Waals surface area contributed by atoms with Crippen LogP contribution in [0.3, 0.4) is 0 Å². The van der Waals surface area contributed by atoms with Crippen molar-refractivity contribution in [1.29, 1.82) is 0 Å². The monoisotopic (exact) mass is 240 g/mol. The Kier molecular flexibility index (Phi) is 5.49. The second kappa shape index (κ2) is 6.66. The van der Waals surface area contributed by atoms with Crippen molar-refractivity contribution in [3.63, 3.8) is 0 Å². The van der Waals surface area contributed by atoms with E-state index in [0.29, 0.717) is 13.0 Å². The van der Waals surface area contributed by atoms with E-state index >= 15 is 0 Å². The van der Waals surface area contributed by atoms with E-state index < -0.39 is 0 Å². The third kappa shape index (κ3) is 4.33.